The molecule has 0 N–H and O–H groups in total. The molecule has 0 spiro atoms. The number of hydrogen-bond acceptors (Lipinski definition) is 2. The van der Waals surface area contributed by atoms with E-state index in [2.05, 4.69) is 6.92 Å². The van der Waals surface area contributed by atoms with Crippen molar-refractivity contribution in [1.29, 1.82) is 0 Å². The van der Waals surface area contributed by atoms with Gasteiger partial charge in [0.25, 0.3) is 0 Å². The van der Waals surface area contributed by atoms with Crippen molar-refractivity contribution in [3.63, 3.8) is 0 Å². The Morgan fingerprint density at radius 1 is 0.810 bits per heavy atom. The van der Waals surface area contributed by atoms with E-state index in [1.807, 2.05) is 43.3 Å². The lowest BCUT2D eigenvalue weighted by Crippen LogP contribution is -2.08. The van der Waals surface area contributed by atoms with Gasteiger partial charge in [-0.1, -0.05) is 67.4 Å². The van der Waals surface area contributed by atoms with Gasteiger partial charge in [0.2, 0.25) is 0 Å². The minimum absolute atomic E-state index is 0.0732. The first-order valence-electron chi connectivity index (χ1n) is 7.32. The molecule has 0 aliphatic heterocycles. The topological polar surface area (TPSA) is 34.1 Å². The van der Waals surface area contributed by atoms with Gasteiger partial charge in [0, 0.05) is 11.1 Å². The molecular weight excluding hydrogens is 260 g/mol. The third-order valence-electron chi connectivity index (χ3n) is 3.51. The minimum Gasteiger partial charge on any atom is -0.294 e. The van der Waals surface area contributed by atoms with Crippen molar-refractivity contribution < 1.29 is 9.59 Å². The van der Waals surface area contributed by atoms with Gasteiger partial charge in [-0.25, -0.2) is 0 Å². The molecule has 2 nitrogen and oxygen atoms in total. The molecule has 2 aromatic rings. The SMILES string of the molecule is CCCc1ccc(C(=O)CC(=O)c2ccc(C)cc2)cc1. The van der Waals surface area contributed by atoms with Crippen LogP contribution in [0.3, 0.4) is 0 Å². The molecule has 0 unspecified atom stereocenters. The monoisotopic (exact) mass is 280 g/mol. The first-order valence-corrected chi connectivity index (χ1v) is 7.32. The van der Waals surface area contributed by atoms with E-state index in [-0.39, 0.29) is 18.0 Å². The van der Waals surface area contributed by atoms with Gasteiger partial charge < -0.3 is 0 Å². The molecule has 0 aliphatic rings. The highest BCUT2D eigenvalue weighted by atomic mass is 16.1. The second-order valence-corrected chi connectivity index (χ2v) is 5.34. The van der Waals surface area contributed by atoms with Gasteiger partial charge in [-0.3, -0.25) is 9.59 Å². The van der Waals surface area contributed by atoms with E-state index in [4.69, 9.17) is 0 Å². The maximum absolute atomic E-state index is 12.1. The van der Waals surface area contributed by atoms with Crippen molar-refractivity contribution in [1.82, 2.24) is 0 Å². The normalized spacial score (nSPS) is 10.4. The van der Waals surface area contributed by atoms with E-state index in [0.717, 1.165) is 18.4 Å². The Morgan fingerprint density at radius 2 is 1.29 bits per heavy atom. The minimum atomic E-state index is -0.127. The summed E-state index contributed by atoms with van der Waals surface area (Å²) in [6.45, 7) is 4.09. The molecule has 0 aliphatic carbocycles. The number of hydrogen-bond donors (Lipinski definition) is 0. The average Bonchev–Trinajstić information content (AvgIpc) is 2.49. The lowest BCUT2D eigenvalue weighted by Gasteiger charge is -2.04. The smallest absolute Gasteiger partial charge is 0.170 e. The largest absolute Gasteiger partial charge is 0.294 e. The van der Waals surface area contributed by atoms with E-state index in [1.54, 1.807) is 12.1 Å². The van der Waals surface area contributed by atoms with E-state index >= 15 is 0 Å². The molecule has 0 aromatic heterocycles. The number of ketones is 2. The standard InChI is InChI=1S/C19H20O2/c1-3-4-15-7-11-17(12-8-15)19(21)13-18(20)16-9-5-14(2)6-10-16/h5-12H,3-4,13H2,1-2H3. The summed E-state index contributed by atoms with van der Waals surface area (Å²) in [6.07, 6.45) is 2.02. The Balaban J connectivity index is 2.03. The van der Waals surface area contributed by atoms with Crippen molar-refractivity contribution in [3.8, 4) is 0 Å². The fraction of sp³-hybridized carbons (Fsp3) is 0.263. The summed E-state index contributed by atoms with van der Waals surface area (Å²) >= 11 is 0. The van der Waals surface area contributed by atoms with E-state index in [1.165, 1.54) is 5.56 Å². The first-order chi connectivity index (χ1) is 10.1. The Kier molecular flexibility index (Phi) is 5.04. The summed E-state index contributed by atoms with van der Waals surface area (Å²) in [5.74, 6) is -0.249. The summed E-state index contributed by atoms with van der Waals surface area (Å²) in [6, 6.07) is 14.9. The lowest BCUT2D eigenvalue weighted by molar-refractivity contribution is 0.0894. The number of benzene rings is 2. The van der Waals surface area contributed by atoms with Crippen LogP contribution in [0.2, 0.25) is 0 Å². The fourth-order valence-corrected chi connectivity index (χ4v) is 2.24. The number of Topliss-reactive ketones (excluding diaryl/α,β-unsaturated/α-hetero) is 2. The summed E-state index contributed by atoms with van der Waals surface area (Å²) in [7, 11) is 0. The van der Waals surface area contributed by atoms with Crippen LogP contribution in [0.15, 0.2) is 48.5 Å². The van der Waals surface area contributed by atoms with Crippen molar-refractivity contribution in [3.05, 3.63) is 70.8 Å². The molecule has 108 valence electrons. The average molecular weight is 280 g/mol. The van der Waals surface area contributed by atoms with Crippen LogP contribution in [0, 0.1) is 6.92 Å². The third kappa shape index (κ3) is 4.12. The number of carbonyl (C=O) groups is 2. The van der Waals surface area contributed by atoms with Crippen molar-refractivity contribution in [2.45, 2.75) is 33.1 Å². The van der Waals surface area contributed by atoms with Gasteiger partial charge >= 0.3 is 0 Å². The highest BCUT2D eigenvalue weighted by molar-refractivity contribution is 6.13. The molecule has 2 heteroatoms. The summed E-state index contributed by atoms with van der Waals surface area (Å²) in [5, 5.41) is 0. The van der Waals surface area contributed by atoms with E-state index < -0.39 is 0 Å². The van der Waals surface area contributed by atoms with Gasteiger partial charge in [0.15, 0.2) is 11.6 Å². The Morgan fingerprint density at radius 3 is 1.76 bits per heavy atom. The molecule has 0 atom stereocenters. The first kappa shape index (κ1) is 15.2. The molecule has 0 bridgehead atoms. The quantitative estimate of drug-likeness (QED) is 0.580. The van der Waals surface area contributed by atoms with Crippen LogP contribution in [-0.2, 0) is 6.42 Å². The molecule has 0 saturated heterocycles. The number of rotatable bonds is 6. The van der Waals surface area contributed by atoms with Gasteiger partial charge in [0.05, 0.1) is 6.42 Å². The van der Waals surface area contributed by atoms with Crippen LogP contribution in [0.1, 0.15) is 51.6 Å². The Hall–Kier alpha value is -2.22. The lowest BCUT2D eigenvalue weighted by atomic mass is 9.99. The summed E-state index contributed by atoms with van der Waals surface area (Å²) in [4.78, 5) is 24.2. The molecular formula is C19H20O2. The zero-order valence-corrected chi connectivity index (χ0v) is 12.6. The fourth-order valence-electron chi connectivity index (χ4n) is 2.24. The van der Waals surface area contributed by atoms with Crippen LogP contribution in [0.25, 0.3) is 0 Å². The van der Waals surface area contributed by atoms with Crippen molar-refractivity contribution >= 4 is 11.6 Å². The van der Waals surface area contributed by atoms with Crippen LogP contribution in [-0.4, -0.2) is 11.6 Å². The second kappa shape index (κ2) is 6.98. The van der Waals surface area contributed by atoms with E-state index in [0.29, 0.717) is 11.1 Å². The van der Waals surface area contributed by atoms with Gasteiger partial charge in [-0.15, -0.1) is 0 Å². The van der Waals surface area contributed by atoms with Gasteiger partial charge in [0.1, 0.15) is 0 Å². The highest BCUT2D eigenvalue weighted by Crippen LogP contribution is 2.12. The maximum atomic E-state index is 12.1. The maximum Gasteiger partial charge on any atom is 0.170 e. The van der Waals surface area contributed by atoms with Crippen LogP contribution in [0.5, 0.6) is 0 Å². The van der Waals surface area contributed by atoms with Crippen LogP contribution in [0.4, 0.5) is 0 Å². The third-order valence-corrected chi connectivity index (χ3v) is 3.51. The Bertz CT molecular complexity index is 622. The predicted octanol–water partition coefficient (Wildman–Crippen LogP) is 4.40. The molecule has 21 heavy (non-hydrogen) atoms. The molecule has 0 amide bonds. The van der Waals surface area contributed by atoms with Crippen LogP contribution < -0.4 is 0 Å². The summed E-state index contributed by atoms with van der Waals surface area (Å²) in [5.41, 5.74) is 3.52. The van der Waals surface area contributed by atoms with E-state index in [9.17, 15) is 9.59 Å². The highest BCUT2D eigenvalue weighted by Gasteiger charge is 2.13. The summed E-state index contributed by atoms with van der Waals surface area (Å²) < 4.78 is 0. The molecule has 0 fully saturated rings. The van der Waals surface area contributed by atoms with Gasteiger partial charge in [-0.05, 0) is 18.9 Å². The molecule has 0 heterocycles. The van der Waals surface area contributed by atoms with Crippen LogP contribution >= 0.6 is 0 Å². The zero-order valence-electron chi connectivity index (χ0n) is 12.6. The van der Waals surface area contributed by atoms with Crippen molar-refractivity contribution in [2.24, 2.45) is 0 Å². The molecule has 2 rings (SSSR count). The second-order valence-electron chi connectivity index (χ2n) is 5.34. The number of carbonyl (C=O) groups excluding carboxylic acids is 2. The predicted molar refractivity (Wildman–Crippen MR) is 84.9 cm³/mol. The number of aryl methyl sites for hydroxylation is 2. The zero-order chi connectivity index (χ0) is 15.2. The molecule has 2 aromatic carbocycles. The van der Waals surface area contributed by atoms with Crippen molar-refractivity contribution in [2.75, 3.05) is 0 Å². The molecule has 0 saturated carbocycles. The molecule has 0 radical (unpaired) electrons. The Labute approximate surface area is 125 Å². The van der Waals surface area contributed by atoms with Gasteiger partial charge in [-0.2, -0.15) is 0 Å².